The molecule has 1 aromatic carbocycles. The van der Waals surface area contributed by atoms with Gasteiger partial charge in [0, 0.05) is 5.69 Å². The molecule has 0 aromatic heterocycles. The zero-order valence-electron chi connectivity index (χ0n) is 8.03. The van der Waals surface area contributed by atoms with Crippen molar-refractivity contribution in [2.24, 2.45) is 0 Å². The summed E-state index contributed by atoms with van der Waals surface area (Å²) in [5.74, 6) is -0.375. The number of carbonyl (C=O) groups is 2. The molecule has 1 rings (SSSR count). The lowest BCUT2D eigenvalue weighted by Gasteiger charge is -2.05. The fourth-order valence-corrected chi connectivity index (χ4v) is 1.16. The van der Waals surface area contributed by atoms with Crippen LogP contribution in [0.15, 0.2) is 18.2 Å². The lowest BCUT2D eigenvalue weighted by atomic mass is 10.1. The number of anilines is 1. The minimum Gasteiger partial charge on any atom is -0.465 e. The average Bonchev–Trinajstić information content (AvgIpc) is 2.17. The van der Waals surface area contributed by atoms with Crippen LogP contribution in [-0.4, -0.2) is 19.5 Å². The Balaban J connectivity index is 3.00. The highest BCUT2D eigenvalue weighted by atomic mass is 16.5. The number of nitrogens with one attached hydrogen (secondary N) is 1. The molecule has 1 aromatic rings. The topological polar surface area (TPSA) is 55.4 Å². The van der Waals surface area contributed by atoms with Crippen molar-refractivity contribution < 1.29 is 14.3 Å². The van der Waals surface area contributed by atoms with Gasteiger partial charge in [0.2, 0.25) is 6.41 Å². The highest BCUT2D eigenvalue weighted by Crippen LogP contribution is 2.15. The molecule has 4 nitrogen and oxygen atoms in total. The van der Waals surface area contributed by atoms with Crippen LogP contribution in [0, 0.1) is 6.92 Å². The molecule has 4 heteroatoms. The fraction of sp³-hybridized carbons (Fsp3) is 0.200. The number of carbonyl (C=O) groups excluding carboxylic acids is 2. The fourth-order valence-electron chi connectivity index (χ4n) is 1.16. The van der Waals surface area contributed by atoms with E-state index in [9.17, 15) is 9.59 Å². The first kappa shape index (κ1) is 10.2. The molecule has 74 valence electrons. The van der Waals surface area contributed by atoms with Crippen LogP contribution in [0.1, 0.15) is 15.9 Å². The van der Waals surface area contributed by atoms with Crippen LogP contribution in [-0.2, 0) is 9.53 Å². The summed E-state index contributed by atoms with van der Waals surface area (Å²) in [6, 6.07) is 4.97. The Kier molecular flexibility index (Phi) is 3.23. The minimum atomic E-state index is -0.375. The van der Waals surface area contributed by atoms with Crippen molar-refractivity contribution in [3.05, 3.63) is 29.3 Å². The largest absolute Gasteiger partial charge is 0.465 e. The van der Waals surface area contributed by atoms with Crippen LogP contribution in [0.3, 0.4) is 0 Å². The monoisotopic (exact) mass is 193 g/mol. The number of aryl methyl sites for hydroxylation is 1. The average molecular weight is 193 g/mol. The summed E-state index contributed by atoms with van der Waals surface area (Å²) < 4.78 is 4.59. The van der Waals surface area contributed by atoms with E-state index in [2.05, 4.69) is 10.1 Å². The van der Waals surface area contributed by atoms with Crippen molar-refractivity contribution in [1.29, 1.82) is 0 Å². The van der Waals surface area contributed by atoms with Gasteiger partial charge in [0.15, 0.2) is 0 Å². The smallest absolute Gasteiger partial charge is 0.338 e. The Morgan fingerprint density at radius 3 is 2.71 bits per heavy atom. The molecule has 1 amide bonds. The first-order valence-corrected chi connectivity index (χ1v) is 4.08. The van der Waals surface area contributed by atoms with E-state index >= 15 is 0 Å². The number of amides is 1. The van der Waals surface area contributed by atoms with Crippen molar-refractivity contribution in [3.63, 3.8) is 0 Å². The van der Waals surface area contributed by atoms with Crippen molar-refractivity contribution in [1.82, 2.24) is 0 Å². The van der Waals surface area contributed by atoms with E-state index in [4.69, 9.17) is 0 Å². The minimum absolute atomic E-state index is 0.375. The number of ether oxygens (including phenoxy) is 1. The lowest BCUT2D eigenvalue weighted by Crippen LogP contribution is -2.04. The van der Waals surface area contributed by atoms with Crippen molar-refractivity contribution in [2.75, 3.05) is 12.4 Å². The number of hydrogen-bond acceptors (Lipinski definition) is 3. The Morgan fingerprint density at radius 1 is 1.50 bits per heavy atom. The molecule has 0 fully saturated rings. The van der Waals surface area contributed by atoms with E-state index in [1.165, 1.54) is 7.11 Å². The number of esters is 1. The summed E-state index contributed by atoms with van der Waals surface area (Å²) in [6.45, 7) is 1.78. The van der Waals surface area contributed by atoms with E-state index in [1.807, 2.05) is 0 Å². The SMILES string of the molecule is COC(=O)c1ccc(NC=O)cc1C. The molecule has 1 N–H and O–H groups in total. The van der Waals surface area contributed by atoms with Gasteiger partial charge >= 0.3 is 5.97 Å². The summed E-state index contributed by atoms with van der Waals surface area (Å²) in [7, 11) is 1.33. The van der Waals surface area contributed by atoms with Gasteiger partial charge in [0.25, 0.3) is 0 Å². The third-order valence-corrected chi connectivity index (χ3v) is 1.86. The third kappa shape index (κ3) is 2.10. The molecule has 0 unspecified atom stereocenters. The highest BCUT2D eigenvalue weighted by Gasteiger charge is 2.08. The van der Waals surface area contributed by atoms with Gasteiger partial charge in [-0.15, -0.1) is 0 Å². The van der Waals surface area contributed by atoms with Gasteiger partial charge in [-0.3, -0.25) is 4.79 Å². The van der Waals surface area contributed by atoms with Crippen molar-refractivity contribution >= 4 is 18.1 Å². The first-order chi connectivity index (χ1) is 6.69. The molecule has 0 atom stereocenters. The predicted octanol–water partition coefficient (Wildman–Crippen LogP) is 1.35. The molecule has 0 heterocycles. The normalized spacial score (nSPS) is 9.29. The van der Waals surface area contributed by atoms with E-state index in [0.29, 0.717) is 17.7 Å². The number of methoxy groups -OCH3 is 1. The van der Waals surface area contributed by atoms with Crippen molar-refractivity contribution in [2.45, 2.75) is 6.92 Å². The Labute approximate surface area is 81.9 Å². The summed E-state index contributed by atoms with van der Waals surface area (Å²) in [5.41, 5.74) is 1.93. The summed E-state index contributed by atoms with van der Waals surface area (Å²) in [4.78, 5) is 21.3. The van der Waals surface area contributed by atoms with E-state index in [1.54, 1.807) is 25.1 Å². The highest BCUT2D eigenvalue weighted by molar-refractivity contribution is 5.91. The molecule has 0 aliphatic carbocycles. The van der Waals surface area contributed by atoms with Crippen LogP contribution in [0.25, 0.3) is 0 Å². The van der Waals surface area contributed by atoms with Gasteiger partial charge in [0.1, 0.15) is 0 Å². The van der Waals surface area contributed by atoms with Gasteiger partial charge in [-0.2, -0.15) is 0 Å². The first-order valence-electron chi connectivity index (χ1n) is 4.08. The maximum Gasteiger partial charge on any atom is 0.338 e. The molecular formula is C10H11NO3. The van der Waals surface area contributed by atoms with E-state index < -0.39 is 0 Å². The molecular weight excluding hydrogens is 182 g/mol. The van der Waals surface area contributed by atoms with Crippen LogP contribution in [0.4, 0.5) is 5.69 Å². The van der Waals surface area contributed by atoms with Crippen molar-refractivity contribution in [3.8, 4) is 0 Å². The molecule has 0 saturated heterocycles. The Bertz CT molecular complexity index is 360. The van der Waals surface area contributed by atoms with Crippen LogP contribution in [0.2, 0.25) is 0 Å². The number of benzene rings is 1. The molecule has 0 aliphatic rings. The van der Waals surface area contributed by atoms with Crippen LogP contribution in [0.5, 0.6) is 0 Å². The summed E-state index contributed by atoms with van der Waals surface area (Å²) >= 11 is 0. The standard InChI is InChI=1S/C10H11NO3/c1-7-5-8(11-6-12)3-4-9(7)10(13)14-2/h3-6H,1-2H3,(H,11,12). The van der Waals surface area contributed by atoms with Crippen LogP contribution >= 0.6 is 0 Å². The summed E-state index contributed by atoms with van der Waals surface area (Å²) in [5, 5.41) is 2.50. The zero-order valence-corrected chi connectivity index (χ0v) is 8.03. The third-order valence-electron chi connectivity index (χ3n) is 1.86. The zero-order chi connectivity index (χ0) is 10.6. The van der Waals surface area contributed by atoms with Gasteiger partial charge in [0.05, 0.1) is 12.7 Å². The quantitative estimate of drug-likeness (QED) is 0.582. The van der Waals surface area contributed by atoms with Gasteiger partial charge in [-0.1, -0.05) is 0 Å². The maximum absolute atomic E-state index is 11.2. The van der Waals surface area contributed by atoms with Gasteiger partial charge in [-0.05, 0) is 30.7 Å². The van der Waals surface area contributed by atoms with Gasteiger partial charge < -0.3 is 10.1 Å². The molecule has 0 spiro atoms. The molecule has 14 heavy (non-hydrogen) atoms. The lowest BCUT2D eigenvalue weighted by molar-refractivity contribution is -0.105. The second kappa shape index (κ2) is 4.41. The predicted molar refractivity (Wildman–Crippen MR) is 52.2 cm³/mol. The maximum atomic E-state index is 11.2. The Morgan fingerprint density at radius 2 is 2.21 bits per heavy atom. The molecule has 0 saturated carbocycles. The van der Waals surface area contributed by atoms with E-state index in [0.717, 1.165) is 5.56 Å². The second-order valence-electron chi connectivity index (χ2n) is 2.78. The van der Waals surface area contributed by atoms with E-state index in [-0.39, 0.29) is 5.97 Å². The molecule has 0 radical (unpaired) electrons. The van der Waals surface area contributed by atoms with Gasteiger partial charge in [-0.25, -0.2) is 4.79 Å². The second-order valence-corrected chi connectivity index (χ2v) is 2.78. The number of rotatable bonds is 3. The van der Waals surface area contributed by atoms with Crippen LogP contribution < -0.4 is 5.32 Å². The molecule has 0 aliphatic heterocycles. The molecule has 0 bridgehead atoms. The number of hydrogen-bond donors (Lipinski definition) is 1. The summed E-state index contributed by atoms with van der Waals surface area (Å²) in [6.07, 6.45) is 0.590. The Hall–Kier alpha value is -1.84.